The van der Waals surface area contributed by atoms with E-state index in [0.717, 1.165) is 86.8 Å². The molecule has 1 atom stereocenters. The summed E-state index contributed by atoms with van der Waals surface area (Å²) in [5, 5.41) is 3.40. The molecule has 206 valence electrons. The molecule has 6 rings (SSSR count). The molecule has 2 heterocycles. The Hall–Kier alpha value is -3.65. The van der Waals surface area contributed by atoms with Crippen LogP contribution in [0.25, 0.3) is 11.3 Å². The van der Waals surface area contributed by atoms with Crippen molar-refractivity contribution in [2.24, 2.45) is 0 Å². The summed E-state index contributed by atoms with van der Waals surface area (Å²) in [5.41, 5.74) is 7.80. The predicted octanol–water partition coefficient (Wildman–Crippen LogP) is 5.52. The number of piperazine rings is 1. The highest BCUT2D eigenvalue weighted by molar-refractivity contribution is 5.73. The second kappa shape index (κ2) is 12.3. The summed E-state index contributed by atoms with van der Waals surface area (Å²) in [7, 11) is 1.77. The van der Waals surface area contributed by atoms with Crippen LogP contribution in [0.1, 0.15) is 28.2 Å². The Morgan fingerprint density at radius 1 is 0.900 bits per heavy atom. The van der Waals surface area contributed by atoms with Crippen molar-refractivity contribution in [3.8, 4) is 11.3 Å². The number of methoxy groups -OCH3 is 1. The fourth-order valence-electron chi connectivity index (χ4n) is 5.82. The first kappa shape index (κ1) is 26.6. The SMILES string of the molecule is COCCN1CCN(CCc2ccc(Nc3ncc4c(n3)-c3ccccc3[C@H](c3ccc(F)cc3)C4)cc2)CC1. The number of rotatable bonds is 9. The zero-order valence-electron chi connectivity index (χ0n) is 23.0. The molecule has 0 spiro atoms. The second-order valence-corrected chi connectivity index (χ2v) is 10.7. The lowest BCUT2D eigenvalue weighted by Gasteiger charge is -2.34. The van der Waals surface area contributed by atoms with Crippen LogP contribution >= 0.6 is 0 Å². The van der Waals surface area contributed by atoms with Crippen LogP contribution in [-0.2, 0) is 17.6 Å². The number of nitrogens with zero attached hydrogens (tertiary/aromatic N) is 4. The van der Waals surface area contributed by atoms with Gasteiger partial charge in [0.2, 0.25) is 5.95 Å². The average Bonchev–Trinajstić information content (AvgIpc) is 3.00. The van der Waals surface area contributed by atoms with E-state index in [-0.39, 0.29) is 11.7 Å². The van der Waals surface area contributed by atoms with Gasteiger partial charge < -0.3 is 15.0 Å². The molecule has 1 saturated heterocycles. The van der Waals surface area contributed by atoms with E-state index < -0.39 is 0 Å². The standard InChI is InChI=1S/C33H36FN5O/c1-40-21-20-39-18-16-38(17-19-39)15-14-24-6-12-28(13-7-24)36-33-35-23-26-22-31(25-8-10-27(34)11-9-25)29-4-2-3-5-30(29)32(26)37-33/h2-13,23,31H,14-22H2,1H3,(H,35,36,37)/t31-/m0/s1. The van der Waals surface area contributed by atoms with Crippen molar-refractivity contribution in [2.75, 3.05) is 58.3 Å². The molecule has 0 radical (unpaired) electrons. The fourth-order valence-corrected chi connectivity index (χ4v) is 5.82. The van der Waals surface area contributed by atoms with E-state index in [1.54, 1.807) is 7.11 Å². The van der Waals surface area contributed by atoms with E-state index >= 15 is 0 Å². The van der Waals surface area contributed by atoms with Crippen molar-refractivity contribution in [3.63, 3.8) is 0 Å². The molecule has 6 nitrogen and oxygen atoms in total. The largest absolute Gasteiger partial charge is 0.383 e. The van der Waals surface area contributed by atoms with Crippen molar-refractivity contribution < 1.29 is 9.13 Å². The third kappa shape index (κ3) is 6.07. The minimum atomic E-state index is -0.215. The molecule has 1 aliphatic heterocycles. The first-order valence-electron chi connectivity index (χ1n) is 14.2. The lowest BCUT2D eigenvalue weighted by atomic mass is 9.78. The maximum absolute atomic E-state index is 13.6. The molecule has 0 unspecified atom stereocenters. The number of nitrogens with one attached hydrogen (secondary N) is 1. The molecular formula is C33H36FN5O. The monoisotopic (exact) mass is 537 g/mol. The fraction of sp³-hybridized carbons (Fsp3) is 0.333. The number of halogens is 1. The molecule has 0 bridgehead atoms. The highest BCUT2D eigenvalue weighted by Crippen LogP contribution is 2.42. The Morgan fingerprint density at radius 2 is 1.62 bits per heavy atom. The van der Waals surface area contributed by atoms with Crippen LogP contribution in [0, 0.1) is 5.82 Å². The van der Waals surface area contributed by atoms with Gasteiger partial charge in [0.1, 0.15) is 5.82 Å². The third-order valence-electron chi connectivity index (χ3n) is 8.16. The molecule has 1 fully saturated rings. The van der Waals surface area contributed by atoms with Gasteiger partial charge in [-0.1, -0.05) is 48.5 Å². The Balaban J connectivity index is 1.09. The average molecular weight is 538 g/mol. The van der Waals surface area contributed by atoms with E-state index in [1.807, 2.05) is 24.4 Å². The van der Waals surface area contributed by atoms with Gasteiger partial charge in [-0.15, -0.1) is 0 Å². The highest BCUT2D eigenvalue weighted by Gasteiger charge is 2.27. The van der Waals surface area contributed by atoms with Crippen molar-refractivity contribution in [1.29, 1.82) is 0 Å². The molecule has 1 aliphatic carbocycles. The Labute approximate surface area is 235 Å². The van der Waals surface area contributed by atoms with Gasteiger partial charge >= 0.3 is 0 Å². The van der Waals surface area contributed by atoms with E-state index in [1.165, 1.54) is 23.3 Å². The summed E-state index contributed by atoms with van der Waals surface area (Å²) in [5.74, 6) is 0.527. The van der Waals surface area contributed by atoms with Crippen molar-refractivity contribution in [1.82, 2.24) is 19.8 Å². The van der Waals surface area contributed by atoms with Crippen LogP contribution in [0.15, 0.2) is 79.0 Å². The zero-order valence-corrected chi connectivity index (χ0v) is 23.0. The summed E-state index contributed by atoms with van der Waals surface area (Å²) >= 11 is 0. The van der Waals surface area contributed by atoms with Crippen LogP contribution in [0.5, 0.6) is 0 Å². The lowest BCUT2D eigenvalue weighted by molar-refractivity contribution is 0.0976. The van der Waals surface area contributed by atoms with Gasteiger partial charge in [0.15, 0.2) is 0 Å². The van der Waals surface area contributed by atoms with Gasteiger partial charge in [-0.2, -0.15) is 0 Å². The van der Waals surface area contributed by atoms with E-state index in [2.05, 4.69) is 62.6 Å². The molecule has 7 heteroatoms. The number of benzene rings is 3. The van der Waals surface area contributed by atoms with E-state index in [9.17, 15) is 4.39 Å². The third-order valence-corrected chi connectivity index (χ3v) is 8.16. The molecule has 1 N–H and O–H groups in total. The van der Waals surface area contributed by atoms with Gasteiger partial charge in [0.25, 0.3) is 0 Å². The summed E-state index contributed by atoms with van der Waals surface area (Å²) in [6.45, 7) is 7.38. The van der Waals surface area contributed by atoms with Crippen molar-refractivity contribution >= 4 is 11.6 Å². The molecule has 0 saturated carbocycles. The van der Waals surface area contributed by atoms with Gasteiger partial charge in [0.05, 0.1) is 12.3 Å². The van der Waals surface area contributed by atoms with Gasteiger partial charge in [0, 0.05) is 69.7 Å². The maximum Gasteiger partial charge on any atom is 0.227 e. The summed E-state index contributed by atoms with van der Waals surface area (Å²) in [4.78, 5) is 14.6. The number of hydrogen-bond acceptors (Lipinski definition) is 6. The minimum absolute atomic E-state index is 0.152. The minimum Gasteiger partial charge on any atom is -0.383 e. The van der Waals surface area contributed by atoms with Crippen molar-refractivity contribution in [3.05, 3.63) is 107 Å². The first-order valence-corrected chi connectivity index (χ1v) is 14.2. The number of hydrogen-bond donors (Lipinski definition) is 1. The summed E-state index contributed by atoms with van der Waals surface area (Å²) in [6, 6.07) is 23.8. The van der Waals surface area contributed by atoms with Gasteiger partial charge in [-0.25, -0.2) is 14.4 Å². The molecule has 3 aromatic carbocycles. The Morgan fingerprint density at radius 3 is 2.38 bits per heavy atom. The molecule has 4 aromatic rings. The molecule has 2 aliphatic rings. The van der Waals surface area contributed by atoms with Crippen LogP contribution in [0.3, 0.4) is 0 Å². The predicted molar refractivity (Wildman–Crippen MR) is 158 cm³/mol. The quantitative estimate of drug-likeness (QED) is 0.303. The first-order chi connectivity index (χ1) is 19.7. The normalized spacial score (nSPS) is 17.3. The lowest BCUT2D eigenvalue weighted by Crippen LogP contribution is -2.47. The van der Waals surface area contributed by atoms with Crippen molar-refractivity contribution in [2.45, 2.75) is 18.8 Å². The Bertz CT molecular complexity index is 1420. The van der Waals surface area contributed by atoms with E-state index in [0.29, 0.717) is 5.95 Å². The number of fused-ring (bicyclic) bond motifs is 3. The van der Waals surface area contributed by atoms with Gasteiger partial charge in [-0.05, 0) is 59.4 Å². The topological polar surface area (TPSA) is 53.5 Å². The zero-order chi connectivity index (χ0) is 27.3. The van der Waals surface area contributed by atoms with Crippen LogP contribution in [0.4, 0.5) is 16.0 Å². The molecule has 40 heavy (non-hydrogen) atoms. The van der Waals surface area contributed by atoms with Crippen LogP contribution in [-0.4, -0.2) is 72.8 Å². The highest BCUT2D eigenvalue weighted by atomic mass is 19.1. The number of anilines is 2. The van der Waals surface area contributed by atoms with Crippen LogP contribution in [0.2, 0.25) is 0 Å². The van der Waals surface area contributed by atoms with Crippen LogP contribution < -0.4 is 5.32 Å². The summed E-state index contributed by atoms with van der Waals surface area (Å²) < 4.78 is 18.8. The second-order valence-electron chi connectivity index (χ2n) is 10.7. The van der Waals surface area contributed by atoms with Gasteiger partial charge in [-0.3, -0.25) is 4.90 Å². The molecule has 1 aromatic heterocycles. The van der Waals surface area contributed by atoms with E-state index in [4.69, 9.17) is 9.72 Å². The number of ether oxygens (including phenoxy) is 1. The molecular weight excluding hydrogens is 501 g/mol. The maximum atomic E-state index is 13.6. The molecule has 0 amide bonds. The Kier molecular flexibility index (Phi) is 8.14. The smallest absolute Gasteiger partial charge is 0.227 e. The number of aromatic nitrogens is 2. The summed E-state index contributed by atoms with van der Waals surface area (Å²) in [6.07, 6.45) is 3.76.